The van der Waals surface area contributed by atoms with E-state index in [1.165, 1.54) is 24.6 Å². The lowest BCUT2D eigenvalue weighted by Crippen LogP contribution is -2.19. The molecule has 30 heavy (non-hydrogen) atoms. The van der Waals surface area contributed by atoms with Gasteiger partial charge < -0.3 is 10.1 Å². The van der Waals surface area contributed by atoms with E-state index in [2.05, 4.69) is 20.5 Å². The van der Waals surface area contributed by atoms with Gasteiger partial charge in [0.1, 0.15) is 16.8 Å². The highest BCUT2D eigenvalue weighted by atomic mass is 32.2. The lowest BCUT2D eigenvalue weighted by atomic mass is 10.1. The predicted molar refractivity (Wildman–Crippen MR) is 119 cm³/mol. The largest absolute Gasteiger partial charge is 0.492 e. The minimum absolute atomic E-state index is 0.134. The maximum atomic E-state index is 13.3. The van der Waals surface area contributed by atoms with Crippen LogP contribution < -0.4 is 10.1 Å². The summed E-state index contributed by atoms with van der Waals surface area (Å²) in [6, 6.07) is 17.2. The van der Waals surface area contributed by atoms with Gasteiger partial charge in [-0.25, -0.2) is 4.98 Å². The van der Waals surface area contributed by atoms with Crippen LogP contribution in [0.5, 0.6) is 5.75 Å². The number of nitrogens with one attached hydrogen (secondary N) is 2. The molecular weight excluding hydrogens is 396 g/mol. The second-order valence-corrected chi connectivity index (χ2v) is 8.38. The molecule has 1 aliphatic rings. The molecule has 0 aliphatic heterocycles. The summed E-state index contributed by atoms with van der Waals surface area (Å²) in [5, 5.41) is 10.6. The molecule has 156 valence electrons. The maximum Gasteiger partial charge on any atom is 0.242 e. The van der Waals surface area contributed by atoms with Gasteiger partial charge in [-0.05, 0) is 37.5 Å². The van der Waals surface area contributed by atoms with Crippen molar-refractivity contribution in [1.82, 2.24) is 15.2 Å². The Kier molecular flexibility index (Phi) is 6.69. The summed E-state index contributed by atoms with van der Waals surface area (Å²) in [5.74, 6) is 1.91. The Bertz CT molecular complexity index is 970. The molecule has 2 N–H and O–H groups in total. The van der Waals surface area contributed by atoms with Crippen LogP contribution in [0.2, 0.25) is 0 Å². The molecule has 1 fully saturated rings. The summed E-state index contributed by atoms with van der Waals surface area (Å²) in [4.78, 5) is 18.0. The number of rotatable bonds is 8. The Balaban J connectivity index is 1.55. The number of amides is 1. The van der Waals surface area contributed by atoms with Gasteiger partial charge in [-0.3, -0.25) is 9.89 Å². The average Bonchev–Trinajstić information content (AvgIpc) is 3.46. The van der Waals surface area contributed by atoms with Crippen molar-refractivity contribution in [1.29, 1.82) is 0 Å². The molecule has 1 unspecified atom stereocenters. The van der Waals surface area contributed by atoms with Crippen LogP contribution in [-0.2, 0) is 4.79 Å². The Morgan fingerprint density at radius 2 is 1.90 bits per heavy atom. The van der Waals surface area contributed by atoms with Gasteiger partial charge in [-0.1, -0.05) is 67.1 Å². The number of thioether (sulfide) groups is 1. The number of ether oxygens (including phenoxy) is 1. The molecule has 1 heterocycles. The van der Waals surface area contributed by atoms with E-state index in [0.717, 1.165) is 24.2 Å². The highest BCUT2D eigenvalue weighted by Gasteiger charge is 2.26. The lowest BCUT2D eigenvalue weighted by molar-refractivity contribution is -0.115. The van der Waals surface area contributed by atoms with Gasteiger partial charge in [0.2, 0.25) is 11.1 Å². The fraction of sp³-hybridized carbons (Fsp3) is 0.348. The molecule has 0 radical (unpaired) electrons. The molecule has 1 amide bonds. The third-order valence-corrected chi connectivity index (χ3v) is 6.35. The van der Waals surface area contributed by atoms with Gasteiger partial charge >= 0.3 is 0 Å². The summed E-state index contributed by atoms with van der Waals surface area (Å²) in [6.07, 6.45) is 4.77. The molecule has 4 rings (SSSR count). The van der Waals surface area contributed by atoms with Crippen LogP contribution in [0.15, 0.2) is 59.8 Å². The first-order valence-corrected chi connectivity index (χ1v) is 11.3. The van der Waals surface area contributed by atoms with Crippen LogP contribution in [0.25, 0.3) is 0 Å². The van der Waals surface area contributed by atoms with Crippen molar-refractivity contribution in [2.24, 2.45) is 0 Å². The predicted octanol–water partition coefficient (Wildman–Crippen LogP) is 5.33. The third-order valence-electron chi connectivity index (χ3n) is 5.23. The summed E-state index contributed by atoms with van der Waals surface area (Å²) in [5.41, 5.74) is 1.56. The number of carbonyl (C=O) groups excluding carboxylic acids is 1. The molecule has 1 aliphatic carbocycles. The number of aromatic amines is 1. The molecule has 7 heteroatoms. The highest BCUT2D eigenvalue weighted by molar-refractivity contribution is 8.00. The molecule has 6 nitrogen and oxygen atoms in total. The average molecular weight is 423 g/mol. The Labute approximate surface area is 180 Å². The van der Waals surface area contributed by atoms with Crippen LogP contribution in [0.1, 0.15) is 55.2 Å². The van der Waals surface area contributed by atoms with Crippen molar-refractivity contribution in [2.45, 2.75) is 48.9 Å². The van der Waals surface area contributed by atoms with E-state index in [-0.39, 0.29) is 5.91 Å². The molecule has 0 bridgehead atoms. The second-order valence-electron chi connectivity index (χ2n) is 7.31. The molecule has 1 saturated carbocycles. The first-order chi connectivity index (χ1) is 14.7. The summed E-state index contributed by atoms with van der Waals surface area (Å²) >= 11 is 1.36. The minimum atomic E-state index is -0.479. The summed E-state index contributed by atoms with van der Waals surface area (Å²) < 4.78 is 5.65. The van der Waals surface area contributed by atoms with Crippen LogP contribution in [0.3, 0.4) is 0 Å². The fourth-order valence-corrected chi connectivity index (χ4v) is 4.67. The van der Waals surface area contributed by atoms with E-state index in [0.29, 0.717) is 29.1 Å². The monoisotopic (exact) mass is 422 g/mol. The number of nitrogens with zero attached hydrogens (tertiary/aromatic N) is 2. The molecule has 2 aromatic carbocycles. The van der Waals surface area contributed by atoms with Gasteiger partial charge in [0.05, 0.1) is 12.3 Å². The number of H-pyrrole nitrogens is 1. The molecule has 1 aromatic heterocycles. The number of hydrogen-bond acceptors (Lipinski definition) is 5. The number of benzene rings is 2. The van der Waals surface area contributed by atoms with E-state index < -0.39 is 5.25 Å². The first kappa shape index (κ1) is 20.5. The minimum Gasteiger partial charge on any atom is -0.492 e. The molecular formula is C23H26N4O2S. The van der Waals surface area contributed by atoms with Gasteiger partial charge in [0, 0.05) is 5.92 Å². The number of aromatic nitrogens is 3. The van der Waals surface area contributed by atoms with E-state index in [9.17, 15) is 4.79 Å². The summed E-state index contributed by atoms with van der Waals surface area (Å²) in [7, 11) is 0. The van der Waals surface area contributed by atoms with Crippen LogP contribution >= 0.6 is 11.8 Å². The SMILES string of the molecule is CCOc1ccccc1NC(=O)C(Sc1n[nH]c(C2CCCC2)n1)c1ccccc1. The van der Waals surface area contributed by atoms with E-state index in [4.69, 9.17) is 4.74 Å². The third kappa shape index (κ3) is 4.84. The van der Waals surface area contributed by atoms with E-state index in [1.807, 2.05) is 61.5 Å². The lowest BCUT2D eigenvalue weighted by Gasteiger charge is -2.17. The van der Waals surface area contributed by atoms with Crippen molar-refractivity contribution in [3.63, 3.8) is 0 Å². The van der Waals surface area contributed by atoms with Crippen molar-refractivity contribution < 1.29 is 9.53 Å². The zero-order valence-electron chi connectivity index (χ0n) is 17.0. The normalized spacial score (nSPS) is 15.1. The first-order valence-electron chi connectivity index (χ1n) is 10.4. The van der Waals surface area contributed by atoms with Crippen molar-refractivity contribution in [3.05, 3.63) is 66.0 Å². The number of hydrogen-bond donors (Lipinski definition) is 2. The van der Waals surface area contributed by atoms with Gasteiger partial charge in [0.15, 0.2) is 0 Å². The quantitative estimate of drug-likeness (QED) is 0.480. The Morgan fingerprint density at radius 1 is 1.17 bits per heavy atom. The zero-order valence-corrected chi connectivity index (χ0v) is 17.8. The van der Waals surface area contributed by atoms with Crippen LogP contribution in [0, 0.1) is 0 Å². The van der Waals surface area contributed by atoms with Gasteiger partial charge in [-0.2, -0.15) is 0 Å². The Morgan fingerprint density at radius 3 is 2.67 bits per heavy atom. The van der Waals surface area contributed by atoms with Crippen LogP contribution in [-0.4, -0.2) is 27.7 Å². The van der Waals surface area contributed by atoms with Crippen molar-refractivity contribution in [3.8, 4) is 5.75 Å². The zero-order chi connectivity index (χ0) is 20.8. The molecule has 1 atom stereocenters. The fourth-order valence-electron chi connectivity index (χ4n) is 3.75. The highest BCUT2D eigenvalue weighted by Crippen LogP contribution is 2.37. The number of anilines is 1. The smallest absolute Gasteiger partial charge is 0.242 e. The van der Waals surface area contributed by atoms with Gasteiger partial charge in [-0.15, -0.1) is 5.10 Å². The van der Waals surface area contributed by atoms with E-state index >= 15 is 0 Å². The Hall–Kier alpha value is -2.80. The molecule has 0 saturated heterocycles. The van der Waals surface area contributed by atoms with Crippen molar-refractivity contribution in [2.75, 3.05) is 11.9 Å². The van der Waals surface area contributed by atoms with Crippen LogP contribution in [0.4, 0.5) is 5.69 Å². The number of carbonyl (C=O) groups is 1. The van der Waals surface area contributed by atoms with E-state index in [1.54, 1.807) is 0 Å². The standard InChI is InChI=1S/C23H26N4O2S/c1-2-29-19-15-9-8-14-18(19)24-22(28)20(16-10-4-3-5-11-16)30-23-25-21(26-27-23)17-12-6-7-13-17/h3-5,8-11,14-15,17,20H,2,6-7,12-13H2,1H3,(H,24,28)(H,25,26,27). The van der Waals surface area contributed by atoms with Crippen molar-refractivity contribution >= 4 is 23.4 Å². The van der Waals surface area contributed by atoms with Gasteiger partial charge in [0.25, 0.3) is 0 Å². The summed E-state index contributed by atoms with van der Waals surface area (Å²) in [6.45, 7) is 2.46. The second kappa shape index (κ2) is 9.80. The topological polar surface area (TPSA) is 79.9 Å². The molecule has 0 spiro atoms. The molecule has 3 aromatic rings. The number of para-hydroxylation sites is 2. The maximum absolute atomic E-state index is 13.3.